The molecule has 0 aliphatic carbocycles. The summed E-state index contributed by atoms with van der Waals surface area (Å²) in [5.74, 6) is 0.557. The highest BCUT2D eigenvalue weighted by Crippen LogP contribution is 2.33. The molecule has 1 aromatic carbocycles. The van der Waals surface area contributed by atoms with Gasteiger partial charge in [-0.3, -0.25) is 0 Å². The van der Waals surface area contributed by atoms with E-state index in [4.69, 9.17) is 39.5 Å². The smallest absolute Gasteiger partial charge is 0.411 e. The van der Waals surface area contributed by atoms with E-state index in [0.717, 1.165) is 0 Å². The monoisotopic (exact) mass is 350 g/mol. The third kappa shape index (κ3) is 6.39. The van der Waals surface area contributed by atoms with Gasteiger partial charge in [0.15, 0.2) is 0 Å². The zero-order valence-electron chi connectivity index (χ0n) is 10.3. The lowest BCUT2D eigenvalue weighted by Crippen LogP contribution is -2.18. The van der Waals surface area contributed by atoms with Crippen molar-refractivity contribution in [3.8, 4) is 5.75 Å². The summed E-state index contributed by atoms with van der Waals surface area (Å²) in [5, 5.41) is 0.746. The van der Waals surface area contributed by atoms with E-state index in [1.54, 1.807) is 6.07 Å². The van der Waals surface area contributed by atoms with E-state index in [1.807, 2.05) is 0 Å². The van der Waals surface area contributed by atoms with E-state index >= 15 is 0 Å². The zero-order chi connectivity index (χ0) is 15.2. The fourth-order valence-electron chi connectivity index (χ4n) is 1.40. The van der Waals surface area contributed by atoms with Crippen molar-refractivity contribution in [2.24, 2.45) is 0 Å². The highest BCUT2D eigenvalue weighted by atomic mass is 35.5. The van der Waals surface area contributed by atoms with Gasteiger partial charge < -0.3 is 9.47 Å². The quantitative estimate of drug-likeness (QED) is 0.504. The molecule has 0 atom stereocenters. The summed E-state index contributed by atoms with van der Waals surface area (Å²) in [4.78, 5) is 0. The number of hydrogen-bond acceptors (Lipinski definition) is 2. The van der Waals surface area contributed by atoms with Gasteiger partial charge in [-0.1, -0.05) is 23.2 Å². The maximum absolute atomic E-state index is 11.8. The molecule has 0 unspecified atom stereocenters. The molecular formula is C12H12Cl3F3O2. The van der Waals surface area contributed by atoms with Crippen molar-refractivity contribution in [1.82, 2.24) is 0 Å². The Kier molecular flexibility index (Phi) is 7.23. The number of hydrogen-bond donors (Lipinski definition) is 0. The summed E-state index contributed by atoms with van der Waals surface area (Å²) in [6.07, 6.45) is -4.01. The van der Waals surface area contributed by atoms with Gasteiger partial charge in [-0.2, -0.15) is 13.2 Å². The second-order valence-electron chi connectivity index (χ2n) is 3.88. The predicted octanol–water partition coefficient (Wildman–Crippen LogP) is 5.08. The first-order valence-corrected chi connectivity index (χ1v) is 6.93. The van der Waals surface area contributed by atoms with Crippen molar-refractivity contribution < 1.29 is 22.6 Å². The summed E-state index contributed by atoms with van der Waals surface area (Å²) < 4.78 is 45.3. The molecule has 1 aromatic rings. The van der Waals surface area contributed by atoms with Crippen LogP contribution in [0.3, 0.4) is 0 Å². The van der Waals surface area contributed by atoms with Crippen LogP contribution in [0.1, 0.15) is 12.0 Å². The van der Waals surface area contributed by atoms with Gasteiger partial charge >= 0.3 is 6.18 Å². The van der Waals surface area contributed by atoms with E-state index in [2.05, 4.69) is 4.74 Å². The lowest BCUT2D eigenvalue weighted by Gasteiger charge is -2.13. The van der Waals surface area contributed by atoms with Crippen LogP contribution in [0, 0.1) is 0 Å². The summed E-state index contributed by atoms with van der Waals surface area (Å²) in [6, 6.07) is 3.13. The third-order valence-corrected chi connectivity index (χ3v) is 2.96. The highest BCUT2D eigenvalue weighted by Gasteiger charge is 2.27. The molecule has 0 fully saturated rings. The molecule has 0 saturated carbocycles. The molecule has 0 radical (unpaired) electrons. The van der Waals surface area contributed by atoms with Gasteiger partial charge in [0.2, 0.25) is 0 Å². The fourth-order valence-corrected chi connectivity index (χ4v) is 2.19. The fraction of sp³-hybridized carbons (Fsp3) is 0.500. The van der Waals surface area contributed by atoms with Crippen LogP contribution >= 0.6 is 34.8 Å². The Morgan fingerprint density at radius 3 is 2.40 bits per heavy atom. The largest absolute Gasteiger partial charge is 0.492 e. The Balaban J connectivity index is 2.39. The molecule has 114 valence electrons. The van der Waals surface area contributed by atoms with Crippen LogP contribution in [0.25, 0.3) is 0 Å². The Morgan fingerprint density at radius 1 is 1.10 bits per heavy atom. The van der Waals surface area contributed by atoms with Crippen molar-refractivity contribution in [3.05, 3.63) is 27.7 Å². The lowest BCUT2D eigenvalue weighted by atomic mass is 10.2. The average molecular weight is 352 g/mol. The Labute approximate surface area is 129 Å². The number of halogens is 6. The summed E-state index contributed by atoms with van der Waals surface area (Å²) in [5.41, 5.74) is 0.625. The summed E-state index contributed by atoms with van der Waals surface area (Å²) >= 11 is 17.5. The van der Waals surface area contributed by atoms with E-state index in [1.165, 1.54) is 6.07 Å². The maximum Gasteiger partial charge on any atom is 0.411 e. The van der Waals surface area contributed by atoms with Gasteiger partial charge in [-0.05, 0) is 12.1 Å². The number of rotatable bonds is 7. The summed E-state index contributed by atoms with van der Waals surface area (Å²) in [6.45, 7) is -1.15. The van der Waals surface area contributed by atoms with Crippen LogP contribution < -0.4 is 4.74 Å². The molecule has 0 N–H and O–H groups in total. The van der Waals surface area contributed by atoms with E-state index in [9.17, 15) is 13.2 Å². The SMILES string of the molecule is FC(F)(F)COCCCOc1c(Cl)cc(Cl)cc1CCl. The van der Waals surface area contributed by atoms with Crippen molar-refractivity contribution in [1.29, 1.82) is 0 Å². The molecule has 0 heterocycles. The van der Waals surface area contributed by atoms with Crippen LogP contribution in [-0.2, 0) is 10.6 Å². The van der Waals surface area contributed by atoms with Crippen LogP contribution in [0.4, 0.5) is 13.2 Å². The molecule has 0 aliphatic heterocycles. The first-order chi connectivity index (χ1) is 9.33. The molecule has 2 nitrogen and oxygen atoms in total. The van der Waals surface area contributed by atoms with E-state index in [-0.39, 0.29) is 19.1 Å². The number of alkyl halides is 4. The Bertz CT molecular complexity index is 439. The Morgan fingerprint density at radius 2 is 1.80 bits per heavy atom. The molecule has 0 bridgehead atoms. The van der Waals surface area contributed by atoms with E-state index in [0.29, 0.717) is 27.8 Å². The van der Waals surface area contributed by atoms with E-state index < -0.39 is 12.8 Å². The number of benzene rings is 1. The van der Waals surface area contributed by atoms with Crippen molar-refractivity contribution in [2.45, 2.75) is 18.5 Å². The van der Waals surface area contributed by atoms with Gasteiger partial charge in [0.25, 0.3) is 0 Å². The van der Waals surface area contributed by atoms with Gasteiger partial charge in [-0.15, -0.1) is 11.6 Å². The lowest BCUT2D eigenvalue weighted by molar-refractivity contribution is -0.174. The van der Waals surface area contributed by atoms with Crippen LogP contribution in [-0.4, -0.2) is 26.0 Å². The zero-order valence-corrected chi connectivity index (χ0v) is 12.5. The van der Waals surface area contributed by atoms with Crippen LogP contribution in [0.2, 0.25) is 10.0 Å². The minimum atomic E-state index is -4.31. The molecule has 8 heteroatoms. The normalized spacial score (nSPS) is 11.7. The second-order valence-corrected chi connectivity index (χ2v) is 4.99. The van der Waals surface area contributed by atoms with Crippen LogP contribution in [0.5, 0.6) is 5.75 Å². The first-order valence-electron chi connectivity index (χ1n) is 5.64. The first kappa shape index (κ1) is 17.7. The average Bonchev–Trinajstić information content (AvgIpc) is 2.33. The molecule has 0 amide bonds. The highest BCUT2D eigenvalue weighted by molar-refractivity contribution is 6.35. The van der Waals surface area contributed by atoms with Gasteiger partial charge in [0.1, 0.15) is 12.4 Å². The second kappa shape index (κ2) is 8.17. The molecule has 1 rings (SSSR count). The minimum Gasteiger partial charge on any atom is -0.492 e. The van der Waals surface area contributed by atoms with Crippen molar-refractivity contribution >= 4 is 34.8 Å². The molecule has 20 heavy (non-hydrogen) atoms. The van der Waals surface area contributed by atoms with Crippen LogP contribution in [0.15, 0.2) is 12.1 Å². The molecule has 0 aromatic heterocycles. The number of ether oxygens (including phenoxy) is 2. The van der Waals surface area contributed by atoms with Crippen molar-refractivity contribution in [3.63, 3.8) is 0 Å². The molecule has 0 aliphatic rings. The molecular weight excluding hydrogens is 339 g/mol. The summed E-state index contributed by atoms with van der Waals surface area (Å²) in [7, 11) is 0. The maximum atomic E-state index is 11.8. The molecule has 0 spiro atoms. The van der Waals surface area contributed by atoms with Crippen molar-refractivity contribution in [2.75, 3.05) is 19.8 Å². The third-order valence-electron chi connectivity index (χ3n) is 2.17. The van der Waals surface area contributed by atoms with Gasteiger partial charge in [0, 0.05) is 17.0 Å². The van der Waals surface area contributed by atoms with Gasteiger partial charge in [0.05, 0.1) is 24.1 Å². The predicted molar refractivity (Wildman–Crippen MR) is 73.0 cm³/mol. The topological polar surface area (TPSA) is 18.5 Å². The minimum absolute atomic E-state index is 0.0546. The van der Waals surface area contributed by atoms with Gasteiger partial charge in [-0.25, -0.2) is 0 Å². The standard InChI is InChI=1S/C12H12Cl3F3O2/c13-6-8-4-9(14)5-10(15)11(8)20-3-1-2-19-7-12(16,17)18/h4-5H,1-3,6-7H2. The molecule has 0 saturated heterocycles. The Hall–Kier alpha value is -0.360.